The van der Waals surface area contributed by atoms with Crippen molar-refractivity contribution in [2.45, 2.75) is 45.2 Å². The first kappa shape index (κ1) is 10.3. The van der Waals surface area contributed by atoms with Gasteiger partial charge >= 0.3 is 0 Å². The summed E-state index contributed by atoms with van der Waals surface area (Å²) < 4.78 is 0. The van der Waals surface area contributed by atoms with Crippen LogP contribution in [0.15, 0.2) is 18.3 Å². The van der Waals surface area contributed by atoms with Crippen LogP contribution in [0.3, 0.4) is 0 Å². The van der Waals surface area contributed by atoms with E-state index in [2.05, 4.69) is 29.8 Å². The van der Waals surface area contributed by atoms with Crippen LogP contribution in [0.25, 0.3) is 0 Å². The van der Waals surface area contributed by atoms with Crippen LogP contribution in [-0.2, 0) is 0 Å². The Balaban J connectivity index is 2.23. The van der Waals surface area contributed by atoms with Gasteiger partial charge in [-0.15, -0.1) is 0 Å². The number of nitrogen functional groups attached to an aromatic ring is 1. The van der Waals surface area contributed by atoms with Crippen molar-refractivity contribution in [2.75, 3.05) is 10.6 Å². The molecular formula is C12H19N3. The third-order valence-electron chi connectivity index (χ3n) is 3.26. The smallest absolute Gasteiger partial charge is 0.123 e. The van der Waals surface area contributed by atoms with Crippen LogP contribution in [-0.4, -0.2) is 17.1 Å². The summed E-state index contributed by atoms with van der Waals surface area (Å²) in [6, 6.07) is 5.17. The fourth-order valence-electron chi connectivity index (χ4n) is 2.48. The van der Waals surface area contributed by atoms with Crippen molar-refractivity contribution < 1.29 is 0 Å². The predicted molar refractivity (Wildman–Crippen MR) is 63.9 cm³/mol. The van der Waals surface area contributed by atoms with E-state index in [4.69, 9.17) is 5.73 Å². The lowest BCUT2D eigenvalue weighted by Gasteiger charge is -2.40. The number of rotatable bonds is 1. The van der Waals surface area contributed by atoms with E-state index in [-0.39, 0.29) is 0 Å². The number of hydrogen-bond acceptors (Lipinski definition) is 3. The molecule has 2 rings (SSSR count). The summed E-state index contributed by atoms with van der Waals surface area (Å²) in [5.74, 6) is 0.594. The van der Waals surface area contributed by atoms with Crippen LogP contribution >= 0.6 is 0 Å². The molecule has 0 aromatic carbocycles. The zero-order valence-corrected chi connectivity index (χ0v) is 9.48. The van der Waals surface area contributed by atoms with E-state index in [1.54, 1.807) is 0 Å². The molecule has 2 atom stereocenters. The second kappa shape index (κ2) is 4.09. The van der Waals surface area contributed by atoms with Crippen molar-refractivity contribution in [1.29, 1.82) is 0 Å². The average Bonchev–Trinajstić information content (AvgIpc) is 2.20. The first-order valence-electron chi connectivity index (χ1n) is 5.68. The summed E-state index contributed by atoms with van der Waals surface area (Å²) in [7, 11) is 0. The summed E-state index contributed by atoms with van der Waals surface area (Å²) in [4.78, 5) is 6.61. The molecule has 0 bridgehead atoms. The first-order chi connectivity index (χ1) is 7.18. The largest absolute Gasteiger partial charge is 0.384 e. The quantitative estimate of drug-likeness (QED) is 0.765. The molecular weight excluding hydrogens is 186 g/mol. The molecule has 0 amide bonds. The molecule has 0 unspecified atom stereocenters. The minimum atomic E-state index is 0.594. The molecule has 1 saturated heterocycles. The lowest BCUT2D eigenvalue weighted by atomic mass is 9.97. The molecule has 2 N–H and O–H groups in total. The third kappa shape index (κ3) is 2.06. The summed E-state index contributed by atoms with van der Waals surface area (Å²) in [6.45, 7) is 4.57. The van der Waals surface area contributed by atoms with Crippen molar-refractivity contribution in [1.82, 2.24) is 4.98 Å². The molecule has 0 aliphatic carbocycles. The van der Waals surface area contributed by atoms with Gasteiger partial charge in [-0.25, -0.2) is 4.98 Å². The van der Waals surface area contributed by atoms with Gasteiger partial charge in [-0.2, -0.15) is 0 Å². The lowest BCUT2D eigenvalue weighted by Crippen LogP contribution is -2.43. The Morgan fingerprint density at radius 2 is 1.93 bits per heavy atom. The standard InChI is InChI=1S/C12H19N3/c1-9-4-3-5-10(2)15(9)11-6-7-12(13)14-8-11/h6-10H,3-5H2,1-2H3,(H2,13,14)/t9-,10-/m1/s1. The molecule has 3 heteroatoms. The molecule has 3 nitrogen and oxygen atoms in total. The molecule has 1 aliphatic heterocycles. The van der Waals surface area contributed by atoms with Gasteiger partial charge in [-0.05, 0) is 45.2 Å². The van der Waals surface area contributed by atoms with Crippen LogP contribution in [0.2, 0.25) is 0 Å². The Morgan fingerprint density at radius 3 is 2.47 bits per heavy atom. The monoisotopic (exact) mass is 205 g/mol. The predicted octanol–water partition coefficient (Wildman–Crippen LogP) is 2.43. The highest BCUT2D eigenvalue weighted by atomic mass is 15.2. The van der Waals surface area contributed by atoms with E-state index >= 15 is 0 Å². The van der Waals surface area contributed by atoms with E-state index in [9.17, 15) is 0 Å². The molecule has 1 aromatic heterocycles. The molecule has 0 saturated carbocycles. The van der Waals surface area contributed by atoms with E-state index in [1.807, 2.05) is 12.3 Å². The van der Waals surface area contributed by atoms with Gasteiger partial charge < -0.3 is 10.6 Å². The molecule has 2 heterocycles. The highest BCUT2D eigenvalue weighted by Crippen LogP contribution is 2.28. The van der Waals surface area contributed by atoms with Crippen molar-refractivity contribution in [3.63, 3.8) is 0 Å². The topological polar surface area (TPSA) is 42.1 Å². The zero-order chi connectivity index (χ0) is 10.8. The van der Waals surface area contributed by atoms with Crippen LogP contribution < -0.4 is 10.6 Å². The molecule has 0 spiro atoms. The Labute approximate surface area is 91.3 Å². The van der Waals surface area contributed by atoms with Gasteiger partial charge in [0.15, 0.2) is 0 Å². The van der Waals surface area contributed by atoms with Crippen molar-refractivity contribution in [3.05, 3.63) is 18.3 Å². The summed E-state index contributed by atoms with van der Waals surface area (Å²) in [5.41, 5.74) is 6.79. The van der Waals surface area contributed by atoms with Gasteiger partial charge in [0.05, 0.1) is 11.9 Å². The van der Waals surface area contributed by atoms with Gasteiger partial charge in [0.25, 0.3) is 0 Å². The van der Waals surface area contributed by atoms with Gasteiger partial charge in [-0.3, -0.25) is 0 Å². The Bertz CT molecular complexity index is 310. The number of hydrogen-bond donors (Lipinski definition) is 1. The molecule has 0 radical (unpaired) electrons. The molecule has 1 aliphatic rings. The maximum Gasteiger partial charge on any atom is 0.123 e. The second-order valence-electron chi connectivity index (χ2n) is 4.48. The Morgan fingerprint density at radius 1 is 1.27 bits per heavy atom. The lowest BCUT2D eigenvalue weighted by molar-refractivity contribution is 0.414. The van der Waals surface area contributed by atoms with Gasteiger partial charge in [0.1, 0.15) is 5.82 Å². The Kier molecular flexibility index (Phi) is 2.80. The number of nitrogens with zero attached hydrogens (tertiary/aromatic N) is 2. The number of piperidine rings is 1. The summed E-state index contributed by atoms with van der Waals surface area (Å²) >= 11 is 0. The van der Waals surface area contributed by atoms with E-state index in [0.29, 0.717) is 17.9 Å². The molecule has 1 fully saturated rings. The first-order valence-corrected chi connectivity index (χ1v) is 5.68. The highest BCUT2D eigenvalue weighted by Gasteiger charge is 2.24. The number of aromatic nitrogens is 1. The minimum absolute atomic E-state index is 0.594. The maximum absolute atomic E-state index is 5.60. The minimum Gasteiger partial charge on any atom is -0.384 e. The van der Waals surface area contributed by atoms with Crippen molar-refractivity contribution >= 4 is 11.5 Å². The SMILES string of the molecule is C[C@@H]1CCC[C@@H](C)N1c1ccc(N)nc1. The van der Waals surface area contributed by atoms with E-state index < -0.39 is 0 Å². The van der Waals surface area contributed by atoms with E-state index in [1.165, 1.54) is 24.9 Å². The van der Waals surface area contributed by atoms with Crippen LogP contribution in [0.1, 0.15) is 33.1 Å². The average molecular weight is 205 g/mol. The Hall–Kier alpha value is -1.25. The summed E-state index contributed by atoms with van der Waals surface area (Å²) in [5, 5.41) is 0. The van der Waals surface area contributed by atoms with Crippen LogP contribution in [0, 0.1) is 0 Å². The fourth-order valence-corrected chi connectivity index (χ4v) is 2.48. The fraction of sp³-hybridized carbons (Fsp3) is 0.583. The third-order valence-corrected chi connectivity index (χ3v) is 3.26. The van der Waals surface area contributed by atoms with Gasteiger partial charge in [0, 0.05) is 12.1 Å². The second-order valence-corrected chi connectivity index (χ2v) is 4.48. The van der Waals surface area contributed by atoms with Gasteiger partial charge in [-0.1, -0.05) is 0 Å². The number of anilines is 2. The van der Waals surface area contributed by atoms with Crippen molar-refractivity contribution in [3.8, 4) is 0 Å². The molecule has 15 heavy (non-hydrogen) atoms. The molecule has 1 aromatic rings. The number of pyridine rings is 1. The van der Waals surface area contributed by atoms with Crippen molar-refractivity contribution in [2.24, 2.45) is 0 Å². The zero-order valence-electron chi connectivity index (χ0n) is 9.48. The molecule has 82 valence electrons. The summed E-state index contributed by atoms with van der Waals surface area (Å²) in [6.07, 6.45) is 5.76. The van der Waals surface area contributed by atoms with Gasteiger partial charge in [0.2, 0.25) is 0 Å². The number of nitrogens with two attached hydrogens (primary N) is 1. The maximum atomic E-state index is 5.60. The van der Waals surface area contributed by atoms with Crippen LogP contribution in [0.5, 0.6) is 0 Å². The normalized spacial score (nSPS) is 26.7. The van der Waals surface area contributed by atoms with Crippen LogP contribution in [0.4, 0.5) is 11.5 Å². The highest BCUT2D eigenvalue weighted by molar-refractivity contribution is 5.49. The van der Waals surface area contributed by atoms with E-state index in [0.717, 1.165) is 0 Å².